The Morgan fingerprint density at radius 3 is 2.44 bits per heavy atom. The molecule has 18 heavy (non-hydrogen) atoms. The summed E-state index contributed by atoms with van der Waals surface area (Å²) in [6.07, 6.45) is 4.22. The Morgan fingerprint density at radius 2 is 2.06 bits per heavy atom. The molecule has 0 bridgehead atoms. The van der Waals surface area contributed by atoms with E-state index in [0.29, 0.717) is 10.6 Å². The van der Waals surface area contributed by atoms with E-state index < -0.39 is 16.8 Å². The van der Waals surface area contributed by atoms with E-state index in [0.717, 1.165) is 0 Å². The van der Waals surface area contributed by atoms with Gasteiger partial charge in [-0.15, -0.1) is 0 Å². The summed E-state index contributed by atoms with van der Waals surface area (Å²) in [5, 5.41) is 0. The van der Waals surface area contributed by atoms with Gasteiger partial charge in [0.1, 0.15) is 12.3 Å². The molecule has 0 fully saturated rings. The fourth-order valence-corrected chi connectivity index (χ4v) is 1.78. The Balaban J connectivity index is 5.11. The van der Waals surface area contributed by atoms with Crippen LogP contribution in [0.25, 0.3) is 0 Å². The van der Waals surface area contributed by atoms with E-state index in [1.54, 1.807) is 6.92 Å². The predicted octanol–water partition coefficient (Wildman–Crippen LogP) is 1.26. The molecule has 0 spiro atoms. The van der Waals surface area contributed by atoms with Gasteiger partial charge in [-0.25, -0.2) is 4.99 Å². The quantitative estimate of drug-likeness (QED) is 0.327. The van der Waals surface area contributed by atoms with Gasteiger partial charge < -0.3 is 10.5 Å². The molecule has 0 aromatic rings. The molecule has 0 heterocycles. The number of ether oxygens (including phenoxy) is 1. The molecular formula is C12H18N2O3S. The molecule has 1 atom stereocenters. The molecule has 5 nitrogen and oxygen atoms in total. The first-order chi connectivity index (χ1) is 8.46. The second-order valence-electron chi connectivity index (χ2n) is 3.20. The van der Waals surface area contributed by atoms with Gasteiger partial charge >= 0.3 is 5.97 Å². The molecule has 0 amide bonds. The molecule has 0 aromatic heterocycles. The number of hydrogen-bond acceptors (Lipinski definition) is 4. The molecular weight excluding hydrogens is 252 g/mol. The summed E-state index contributed by atoms with van der Waals surface area (Å²) in [4.78, 5) is 15.6. The molecule has 6 heteroatoms. The van der Waals surface area contributed by atoms with Crippen molar-refractivity contribution in [2.45, 2.75) is 13.3 Å². The van der Waals surface area contributed by atoms with Gasteiger partial charge in [0.25, 0.3) is 0 Å². The molecule has 0 aliphatic heterocycles. The lowest BCUT2D eigenvalue weighted by Gasteiger charge is -2.04. The minimum absolute atomic E-state index is 0.0770. The van der Waals surface area contributed by atoms with Crippen molar-refractivity contribution >= 4 is 22.6 Å². The molecule has 0 rings (SSSR count). The Morgan fingerprint density at radius 1 is 1.44 bits per heavy atom. The SMILES string of the molecule is C=C/C(N=C(N)CC(=O)OCC)=C(\C=C)S(C)=O. The summed E-state index contributed by atoms with van der Waals surface area (Å²) in [5.74, 6) is -0.381. The van der Waals surface area contributed by atoms with E-state index in [1.807, 2.05) is 0 Å². The number of rotatable bonds is 7. The van der Waals surface area contributed by atoms with E-state index in [9.17, 15) is 9.00 Å². The summed E-state index contributed by atoms with van der Waals surface area (Å²) < 4.78 is 16.2. The lowest BCUT2D eigenvalue weighted by atomic mass is 10.3. The average molecular weight is 270 g/mol. The zero-order valence-corrected chi connectivity index (χ0v) is 11.5. The van der Waals surface area contributed by atoms with Gasteiger partial charge in [0.05, 0.1) is 28.0 Å². The second-order valence-corrected chi connectivity index (χ2v) is 4.54. The molecule has 0 aliphatic carbocycles. The number of esters is 1. The smallest absolute Gasteiger partial charge is 0.313 e. The first-order valence-electron chi connectivity index (χ1n) is 5.27. The normalized spacial score (nSPS) is 14.4. The van der Waals surface area contributed by atoms with Crippen molar-refractivity contribution in [1.82, 2.24) is 0 Å². The van der Waals surface area contributed by atoms with Gasteiger partial charge in [-0.3, -0.25) is 9.00 Å². The van der Waals surface area contributed by atoms with Crippen LogP contribution in [-0.2, 0) is 20.3 Å². The van der Waals surface area contributed by atoms with Crippen LogP contribution in [0.2, 0.25) is 0 Å². The van der Waals surface area contributed by atoms with Crippen molar-refractivity contribution in [2.24, 2.45) is 10.7 Å². The number of carbonyl (C=O) groups excluding carboxylic acids is 1. The molecule has 0 saturated heterocycles. The molecule has 1 unspecified atom stereocenters. The third-order valence-electron chi connectivity index (χ3n) is 1.84. The maximum absolute atomic E-state index is 11.4. The fraction of sp³-hybridized carbons (Fsp3) is 0.333. The van der Waals surface area contributed by atoms with E-state index in [-0.39, 0.29) is 18.9 Å². The third kappa shape index (κ3) is 5.58. The Bertz CT molecular complexity index is 425. The average Bonchev–Trinajstić information content (AvgIpc) is 2.28. The summed E-state index contributed by atoms with van der Waals surface area (Å²) in [7, 11) is -1.25. The number of allylic oxidation sites excluding steroid dienone is 2. The molecule has 2 N–H and O–H groups in total. The maximum atomic E-state index is 11.4. The second kappa shape index (κ2) is 8.41. The summed E-state index contributed by atoms with van der Waals surface area (Å²) in [6.45, 7) is 9.10. The van der Waals surface area contributed by atoms with E-state index >= 15 is 0 Å². The standard InChI is InChI=1S/C12H18N2O3S/c1-5-9(10(6-2)18(4)16)14-11(13)8-12(15)17-7-3/h5-6H,1-2,7-8H2,3-4H3,(H2,13,14)/b10-9-. The summed E-state index contributed by atoms with van der Waals surface area (Å²) in [6, 6.07) is 0. The van der Waals surface area contributed by atoms with E-state index in [1.165, 1.54) is 18.4 Å². The van der Waals surface area contributed by atoms with Crippen LogP contribution in [0.4, 0.5) is 0 Å². The zero-order chi connectivity index (χ0) is 14.1. The summed E-state index contributed by atoms with van der Waals surface area (Å²) >= 11 is 0. The number of nitrogens with zero attached hydrogens (tertiary/aromatic N) is 1. The maximum Gasteiger partial charge on any atom is 0.313 e. The highest BCUT2D eigenvalue weighted by molar-refractivity contribution is 7.88. The van der Waals surface area contributed by atoms with Gasteiger partial charge in [-0.2, -0.15) is 0 Å². The van der Waals surface area contributed by atoms with Crippen LogP contribution in [-0.4, -0.2) is 28.9 Å². The molecule has 0 saturated carbocycles. The number of hydrogen-bond donors (Lipinski definition) is 1. The van der Waals surface area contributed by atoms with Crippen LogP contribution in [0.1, 0.15) is 13.3 Å². The largest absolute Gasteiger partial charge is 0.466 e. The molecule has 0 aliphatic rings. The lowest BCUT2D eigenvalue weighted by molar-refractivity contribution is -0.141. The van der Waals surface area contributed by atoms with Gasteiger partial charge in [-0.05, 0) is 13.0 Å². The van der Waals surface area contributed by atoms with Crippen LogP contribution in [0.5, 0.6) is 0 Å². The minimum atomic E-state index is -1.25. The number of nitrogens with two attached hydrogens (primary N) is 1. The highest BCUT2D eigenvalue weighted by atomic mass is 32.2. The van der Waals surface area contributed by atoms with Crippen molar-refractivity contribution in [3.8, 4) is 0 Å². The minimum Gasteiger partial charge on any atom is -0.466 e. The van der Waals surface area contributed by atoms with Gasteiger partial charge in [0, 0.05) is 6.26 Å². The molecule has 100 valence electrons. The number of carbonyl (C=O) groups is 1. The van der Waals surface area contributed by atoms with Gasteiger partial charge in [-0.1, -0.05) is 19.2 Å². The fourth-order valence-electron chi connectivity index (χ4n) is 1.12. The lowest BCUT2D eigenvalue weighted by Crippen LogP contribution is -2.19. The van der Waals surface area contributed by atoms with E-state index in [4.69, 9.17) is 10.5 Å². The molecule has 0 radical (unpaired) electrons. The van der Waals surface area contributed by atoms with Crippen LogP contribution >= 0.6 is 0 Å². The topological polar surface area (TPSA) is 81.8 Å². The van der Waals surface area contributed by atoms with Crippen molar-refractivity contribution < 1.29 is 13.7 Å². The number of aliphatic imine (C=N–C) groups is 1. The van der Waals surface area contributed by atoms with Crippen LogP contribution in [0, 0.1) is 0 Å². The number of amidine groups is 1. The van der Waals surface area contributed by atoms with Crippen LogP contribution < -0.4 is 5.73 Å². The first kappa shape index (κ1) is 16.3. The highest BCUT2D eigenvalue weighted by Gasteiger charge is 2.08. The van der Waals surface area contributed by atoms with E-state index in [2.05, 4.69) is 18.2 Å². The Hall–Kier alpha value is -1.69. The zero-order valence-electron chi connectivity index (χ0n) is 10.6. The Kier molecular flexibility index (Phi) is 7.62. The van der Waals surface area contributed by atoms with Gasteiger partial charge in [0.15, 0.2) is 0 Å². The first-order valence-corrected chi connectivity index (χ1v) is 6.83. The van der Waals surface area contributed by atoms with Crippen molar-refractivity contribution in [2.75, 3.05) is 12.9 Å². The summed E-state index contributed by atoms with van der Waals surface area (Å²) in [5.41, 5.74) is 5.95. The highest BCUT2D eigenvalue weighted by Crippen LogP contribution is 2.12. The van der Waals surface area contributed by atoms with Gasteiger partial charge in [0.2, 0.25) is 0 Å². The van der Waals surface area contributed by atoms with Crippen LogP contribution in [0.15, 0.2) is 40.9 Å². The Labute approximate surface area is 110 Å². The predicted molar refractivity (Wildman–Crippen MR) is 74.4 cm³/mol. The van der Waals surface area contributed by atoms with Crippen molar-refractivity contribution in [1.29, 1.82) is 0 Å². The van der Waals surface area contributed by atoms with Crippen LogP contribution in [0.3, 0.4) is 0 Å². The third-order valence-corrected chi connectivity index (χ3v) is 2.83. The molecule has 0 aromatic carbocycles. The van der Waals surface area contributed by atoms with Crippen molar-refractivity contribution in [3.63, 3.8) is 0 Å². The van der Waals surface area contributed by atoms with Crippen molar-refractivity contribution in [3.05, 3.63) is 35.9 Å². The monoisotopic (exact) mass is 270 g/mol.